The van der Waals surface area contributed by atoms with E-state index in [2.05, 4.69) is 5.10 Å². The van der Waals surface area contributed by atoms with Gasteiger partial charge in [-0.25, -0.2) is 4.68 Å². The molecule has 0 aliphatic heterocycles. The van der Waals surface area contributed by atoms with Crippen molar-refractivity contribution in [1.29, 1.82) is 0 Å². The van der Waals surface area contributed by atoms with Crippen molar-refractivity contribution in [2.24, 2.45) is 0 Å². The smallest absolute Gasteiger partial charge is 0.246 e. The number of ether oxygens (including phenoxy) is 2. The van der Waals surface area contributed by atoms with Crippen molar-refractivity contribution in [3.05, 3.63) is 78.1 Å². The fourth-order valence-electron chi connectivity index (χ4n) is 2.96. The molecule has 0 radical (unpaired) electrons. The molecule has 0 saturated carbocycles. The van der Waals surface area contributed by atoms with Crippen molar-refractivity contribution >= 4 is 12.0 Å². The van der Waals surface area contributed by atoms with Crippen molar-refractivity contribution in [3.8, 4) is 17.2 Å². The Bertz CT molecular complexity index is 980. The third-order valence-corrected chi connectivity index (χ3v) is 4.56. The number of aromatic nitrogens is 2. The molecule has 29 heavy (non-hydrogen) atoms. The predicted molar refractivity (Wildman–Crippen MR) is 113 cm³/mol. The van der Waals surface area contributed by atoms with Gasteiger partial charge in [0.25, 0.3) is 0 Å². The first-order chi connectivity index (χ1) is 14.1. The van der Waals surface area contributed by atoms with Gasteiger partial charge in [-0.05, 0) is 42.8 Å². The number of amides is 1. The van der Waals surface area contributed by atoms with Gasteiger partial charge in [0.1, 0.15) is 0 Å². The number of carbonyl (C=O) groups excluding carboxylic acids is 1. The van der Waals surface area contributed by atoms with Gasteiger partial charge in [-0.15, -0.1) is 0 Å². The van der Waals surface area contributed by atoms with Crippen LogP contribution in [0.5, 0.6) is 11.5 Å². The molecule has 1 heterocycles. The molecule has 0 aliphatic carbocycles. The van der Waals surface area contributed by atoms with Crippen LogP contribution in [0.4, 0.5) is 0 Å². The van der Waals surface area contributed by atoms with Crippen molar-refractivity contribution in [3.63, 3.8) is 0 Å². The normalized spacial score (nSPS) is 10.9. The molecular weight excluding hydrogens is 366 g/mol. The number of carbonyl (C=O) groups is 1. The first-order valence-electron chi connectivity index (χ1n) is 9.42. The zero-order valence-corrected chi connectivity index (χ0v) is 16.9. The van der Waals surface area contributed by atoms with Crippen LogP contribution in [0.3, 0.4) is 0 Å². The molecule has 0 bridgehead atoms. The van der Waals surface area contributed by atoms with E-state index in [4.69, 9.17) is 9.47 Å². The molecule has 1 amide bonds. The van der Waals surface area contributed by atoms with E-state index < -0.39 is 0 Å². The molecule has 0 atom stereocenters. The van der Waals surface area contributed by atoms with E-state index in [0.29, 0.717) is 24.6 Å². The van der Waals surface area contributed by atoms with Crippen LogP contribution in [0.2, 0.25) is 0 Å². The van der Waals surface area contributed by atoms with Crippen molar-refractivity contribution in [1.82, 2.24) is 14.7 Å². The van der Waals surface area contributed by atoms with Gasteiger partial charge in [-0.3, -0.25) is 4.79 Å². The summed E-state index contributed by atoms with van der Waals surface area (Å²) in [6.45, 7) is 3.05. The zero-order chi connectivity index (χ0) is 20.6. The number of nitrogens with zero attached hydrogens (tertiary/aromatic N) is 3. The van der Waals surface area contributed by atoms with Crippen molar-refractivity contribution in [2.75, 3.05) is 20.8 Å². The summed E-state index contributed by atoms with van der Waals surface area (Å²) in [6.07, 6.45) is 6.99. The van der Waals surface area contributed by atoms with Crippen LogP contribution >= 0.6 is 0 Å². The molecule has 6 heteroatoms. The van der Waals surface area contributed by atoms with Crippen molar-refractivity contribution in [2.45, 2.75) is 13.5 Å². The number of para-hydroxylation sites is 1. The molecule has 0 saturated heterocycles. The second kappa shape index (κ2) is 9.59. The Morgan fingerprint density at radius 2 is 1.86 bits per heavy atom. The number of hydrogen-bond donors (Lipinski definition) is 0. The van der Waals surface area contributed by atoms with E-state index in [9.17, 15) is 4.79 Å². The number of likely N-dealkylation sites (N-methyl/N-ethyl adjacent to an activating group) is 1. The lowest BCUT2D eigenvalue weighted by molar-refractivity contribution is -0.126. The standard InChI is InChI=1S/C23H25N3O3/c1-4-25(16-18-10-12-21(28-2)22(14-18)29-3)23(27)13-11-19-15-24-26(17-19)20-8-6-5-7-9-20/h5-15,17H,4,16H2,1-3H3/b13-11+. The summed E-state index contributed by atoms with van der Waals surface area (Å²) < 4.78 is 12.4. The molecule has 0 unspecified atom stereocenters. The summed E-state index contributed by atoms with van der Waals surface area (Å²) in [5.74, 6) is 1.26. The average molecular weight is 391 g/mol. The Balaban J connectivity index is 1.68. The summed E-state index contributed by atoms with van der Waals surface area (Å²) in [6, 6.07) is 15.5. The van der Waals surface area contributed by atoms with Crippen LogP contribution in [-0.4, -0.2) is 41.4 Å². The lowest BCUT2D eigenvalue weighted by atomic mass is 10.2. The predicted octanol–water partition coefficient (Wildman–Crippen LogP) is 3.95. The third-order valence-electron chi connectivity index (χ3n) is 4.56. The quantitative estimate of drug-likeness (QED) is 0.546. The van der Waals surface area contributed by atoms with Gasteiger partial charge in [-0.2, -0.15) is 5.10 Å². The molecule has 0 aliphatic rings. The number of hydrogen-bond acceptors (Lipinski definition) is 4. The minimum atomic E-state index is -0.0604. The van der Waals surface area contributed by atoms with E-state index in [0.717, 1.165) is 16.8 Å². The van der Waals surface area contributed by atoms with Gasteiger partial charge in [0.2, 0.25) is 5.91 Å². The largest absolute Gasteiger partial charge is 0.493 e. The molecule has 3 aromatic rings. The van der Waals surface area contributed by atoms with Gasteiger partial charge in [0.15, 0.2) is 11.5 Å². The molecule has 3 rings (SSSR count). The van der Waals surface area contributed by atoms with Gasteiger partial charge >= 0.3 is 0 Å². The highest BCUT2D eigenvalue weighted by atomic mass is 16.5. The van der Waals surface area contributed by atoms with E-state index in [1.54, 1.807) is 42.2 Å². The third kappa shape index (κ3) is 5.04. The highest BCUT2D eigenvalue weighted by molar-refractivity contribution is 5.91. The van der Waals surface area contributed by atoms with Crippen molar-refractivity contribution < 1.29 is 14.3 Å². The van der Waals surface area contributed by atoms with E-state index >= 15 is 0 Å². The minimum Gasteiger partial charge on any atom is -0.493 e. The zero-order valence-electron chi connectivity index (χ0n) is 16.9. The van der Waals surface area contributed by atoms with Crippen LogP contribution in [0, 0.1) is 0 Å². The van der Waals surface area contributed by atoms with Crippen LogP contribution in [0.25, 0.3) is 11.8 Å². The van der Waals surface area contributed by atoms with Crippen LogP contribution < -0.4 is 9.47 Å². The maximum atomic E-state index is 12.7. The Hall–Kier alpha value is -3.54. The molecule has 0 fully saturated rings. The molecule has 0 N–H and O–H groups in total. The summed E-state index contributed by atoms with van der Waals surface area (Å²) in [7, 11) is 3.20. The molecule has 6 nitrogen and oxygen atoms in total. The van der Waals surface area contributed by atoms with Crippen LogP contribution in [-0.2, 0) is 11.3 Å². The Labute approximate surface area is 171 Å². The lowest BCUT2D eigenvalue weighted by Crippen LogP contribution is -2.28. The molecule has 150 valence electrons. The lowest BCUT2D eigenvalue weighted by Gasteiger charge is -2.20. The monoisotopic (exact) mass is 391 g/mol. The van der Waals surface area contributed by atoms with Gasteiger partial charge in [0, 0.05) is 30.9 Å². The summed E-state index contributed by atoms with van der Waals surface area (Å²) in [5.41, 5.74) is 2.81. The maximum Gasteiger partial charge on any atom is 0.246 e. The number of benzene rings is 2. The summed E-state index contributed by atoms with van der Waals surface area (Å²) in [4.78, 5) is 14.4. The van der Waals surface area contributed by atoms with Crippen LogP contribution in [0.15, 0.2) is 67.0 Å². The molecular formula is C23H25N3O3. The Kier molecular flexibility index (Phi) is 6.68. The Morgan fingerprint density at radius 3 is 2.55 bits per heavy atom. The highest BCUT2D eigenvalue weighted by Crippen LogP contribution is 2.28. The van der Waals surface area contributed by atoms with E-state index in [1.165, 1.54) is 0 Å². The second-order valence-electron chi connectivity index (χ2n) is 6.43. The maximum absolute atomic E-state index is 12.7. The van der Waals surface area contributed by atoms with E-state index in [-0.39, 0.29) is 5.91 Å². The first kappa shape index (κ1) is 20.2. The summed E-state index contributed by atoms with van der Waals surface area (Å²) in [5, 5.41) is 4.35. The SMILES string of the molecule is CCN(Cc1ccc(OC)c(OC)c1)C(=O)/C=C/c1cnn(-c2ccccc2)c1. The first-order valence-corrected chi connectivity index (χ1v) is 9.42. The van der Waals surface area contributed by atoms with Gasteiger partial charge in [0.05, 0.1) is 26.1 Å². The highest BCUT2D eigenvalue weighted by Gasteiger charge is 2.12. The number of rotatable bonds is 8. The molecule has 1 aromatic heterocycles. The Morgan fingerprint density at radius 1 is 1.10 bits per heavy atom. The fourth-order valence-corrected chi connectivity index (χ4v) is 2.96. The second-order valence-corrected chi connectivity index (χ2v) is 6.43. The molecule has 2 aromatic carbocycles. The average Bonchev–Trinajstić information content (AvgIpc) is 3.25. The minimum absolute atomic E-state index is 0.0604. The topological polar surface area (TPSA) is 56.6 Å². The van der Waals surface area contributed by atoms with Gasteiger partial charge in [-0.1, -0.05) is 24.3 Å². The molecule has 0 spiro atoms. The fraction of sp³-hybridized carbons (Fsp3) is 0.217. The summed E-state index contributed by atoms with van der Waals surface area (Å²) >= 11 is 0. The number of methoxy groups -OCH3 is 2. The van der Waals surface area contributed by atoms with E-state index in [1.807, 2.05) is 61.7 Å². The van der Waals surface area contributed by atoms with Gasteiger partial charge < -0.3 is 14.4 Å². The van der Waals surface area contributed by atoms with Crippen LogP contribution in [0.1, 0.15) is 18.1 Å².